The molecule has 1 atom stereocenters. The lowest BCUT2D eigenvalue weighted by molar-refractivity contribution is -0.143. The highest BCUT2D eigenvalue weighted by Crippen LogP contribution is 2.22. The van der Waals surface area contributed by atoms with E-state index in [0.29, 0.717) is 13.0 Å². The Morgan fingerprint density at radius 1 is 1.25 bits per heavy atom. The molecule has 0 aromatic heterocycles. The zero-order valence-corrected chi connectivity index (χ0v) is 12.3. The summed E-state index contributed by atoms with van der Waals surface area (Å²) in [5, 5.41) is 3.35. The Balaban J connectivity index is 2.62. The zero-order chi connectivity index (χ0) is 15.2. The first-order valence-corrected chi connectivity index (χ1v) is 6.87. The average molecular weight is 288 g/mol. The fourth-order valence-corrected chi connectivity index (χ4v) is 2.33. The molecule has 0 amide bonds. The molecular formula is C15H23F3N2. The van der Waals surface area contributed by atoms with Crippen LogP contribution in [0.4, 0.5) is 13.2 Å². The van der Waals surface area contributed by atoms with Gasteiger partial charge in [0.2, 0.25) is 0 Å². The molecule has 0 aliphatic rings. The highest BCUT2D eigenvalue weighted by molar-refractivity contribution is 5.28. The summed E-state index contributed by atoms with van der Waals surface area (Å²) in [7, 11) is 1.51. The van der Waals surface area contributed by atoms with Gasteiger partial charge >= 0.3 is 6.18 Å². The van der Waals surface area contributed by atoms with E-state index >= 15 is 0 Å². The number of nitrogens with zero attached hydrogens (tertiary/aromatic N) is 1. The molecule has 0 saturated heterocycles. The van der Waals surface area contributed by atoms with Crippen molar-refractivity contribution in [2.75, 3.05) is 26.7 Å². The maximum Gasteiger partial charge on any atom is 0.401 e. The topological polar surface area (TPSA) is 15.3 Å². The van der Waals surface area contributed by atoms with E-state index in [4.69, 9.17) is 0 Å². The van der Waals surface area contributed by atoms with E-state index in [1.54, 1.807) is 0 Å². The Morgan fingerprint density at radius 3 is 2.45 bits per heavy atom. The van der Waals surface area contributed by atoms with Crippen molar-refractivity contribution in [3.05, 3.63) is 35.4 Å². The van der Waals surface area contributed by atoms with Crippen molar-refractivity contribution in [1.82, 2.24) is 10.2 Å². The van der Waals surface area contributed by atoms with Gasteiger partial charge < -0.3 is 5.32 Å². The number of nitrogens with one attached hydrogen (secondary N) is 1. The number of alkyl halides is 3. The van der Waals surface area contributed by atoms with Crippen LogP contribution in [0.2, 0.25) is 0 Å². The summed E-state index contributed by atoms with van der Waals surface area (Å²) in [6, 6.07) is 8.09. The predicted octanol–water partition coefficient (Wildman–Crippen LogP) is 3.53. The van der Waals surface area contributed by atoms with Crippen LogP contribution >= 0.6 is 0 Å². The molecule has 1 aromatic carbocycles. The number of hydrogen-bond donors (Lipinski definition) is 1. The van der Waals surface area contributed by atoms with Gasteiger partial charge in [0.15, 0.2) is 0 Å². The Bertz CT molecular complexity index is 404. The van der Waals surface area contributed by atoms with E-state index in [2.05, 4.69) is 5.32 Å². The van der Waals surface area contributed by atoms with Gasteiger partial charge in [-0.2, -0.15) is 13.2 Å². The molecule has 1 N–H and O–H groups in total. The second-order valence-electron chi connectivity index (χ2n) is 5.11. The number of benzene rings is 1. The van der Waals surface area contributed by atoms with E-state index in [-0.39, 0.29) is 6.04 Å². The first-order chi connectivity index (χ1) is 9.33. The van der Waals surface area contributed by atoms with Crippen LogP contribution in [0.15, 0.2) is 24.3 Å². The van der Waals surface area contributed by atoms with Crippen molar-refractivity contribution in [1.29, 1.82) is 0 Å². The smallest absolute Gasteiger partial charge is 0.310 e. The summed E-state index contributed by atoms with van der Waals surface area (Å²) in [6.45, 7) is 4.37. The van der Waals surface area contributed by atoms with Crippen LogP contribution in [-0.2, 0) is 0 Å². The molecule has 114 valence electrons. The van der Waals surface area contributed by atoms with Crippen molar-refractivity contribution in [3.63, 3.8) is 0 Å². The van der Waals surface area contributed by atoms with Crippen molar-refractivity contribution in [2.45, 2.75) is 32.5 Å². The summed E-state index contributed by atoms with van der Waals surface area (Å²) in [6.07, 6.45) is -3.48. The quantitative estimate of drug-likeness (QED) is 0.825. The lowest BCUT2D eigenvalue weighted by Crippen LogP contribution is -2.34. The van der Waals surface area contributed by atoms with Gasteiger partial charge in [-0.3, -0.25) is 4.90 Å². The molecule has 0 radical (unpaired) electrons. The molecule has 0 bridgehead atoms. The maximum absolute atomic E-state index is 12.3. The van der Waals surface area contributed by atoms with Crippen LogP contribution in [0.1, 0.15) is 30.5 Å². The Labute approximate surface area is 119 Å². The van der Waals surface area contributed by atoms with Crippen molar-refractivity contribution in [3.8, 4) is 0 Å². The molecule has 0 aliphatic carbocycles. The number of rotatable bonds is 7. The molecule has 0 aliphatic heterocycles. The third kappa shape index (κ3) is 5.92. The molecule has 1 rings (SSSR count). The highest BCUT2D eigenvalue weighted by atomic mass is 19.4. The van der Waals surface area contributed by atoms with Gasteiger partial charge in [0, 0.05) is 6.04 Å². The number of aryl methyl sites for hydroxylation is 1. The van der Waals surface area contributed by atoms with E-state index in [9.17, 15) is 13.2 Å². The maximum atomic E-state index is 12.3. The molecule has 20 heavy (non-hydrogen) atoms. The Kier molecular flexibility index (Phi) is 6.49. The summed E-state index contributed by atoms with van der Waals surface area (Å²) in [4.78, 5) is 1.32. The highest BCUT2D eigenvalue weighted by Gasteiger charge is 2.29. The van der Waals surface area contributed by atoms with Crippen LogP contribution < -0.4 is 5.32 Å². The first kappa shape index (κ1) is 17.0. The zero-order valence-electron chi connectivity index (χ0n) is 12.3. The van der Waals surface area contributed by atoms with Crippen LogP contribution in [0.5, 0.6) is 0 Å². The minimum Gasteiger partial charge on any atom is -0.310 e. The monoisotopic (exact) mass is 288 g/mol. The Morgan fingerprint density at radius 2 is 1.90 bits per heavy atom. The summed E-state index contributed by atoms with van der Waals surface area (Å²) < 4.78 is 36.9. The van der Waals surface area contributed by atoms with Crippen molar-refractivity contribution < 1.29 is 13.2 Å². The lowest BCUT2D eigenvalue weighted by atomic mass is 9.98. The minimum atomic E-state index is -4.13. The van der Waals surface area contributed by atoms with E-state index < -0.39 is 12.7 Å². The minimum absolute atomic E-state index is 0.0943. The predicted molar refractivity (Wildman–Crippen MR) is 75.8 cm³/mol. The number of hydrogen-bond acceptors (Lipinski definition) is 2. The van der Waals surface area contributed by atoms with Gasteiger partial charge in [0.1, 0.15) is 0 Å². The molecule has 0 fully saturated rings. The third-order valence-corrected chi connectivity index (χ3v) is 3.26. The average Bonchev–Trinajstić information content (AvgIpc) is 2.33. The Hall–Kier alpha value is -1.07. The van der Waals surface area contributed by atoms with Crippen molar-refractivity contribution >= 4 is 0 Å². The molecule has 1 unspecified atom stereocenters. The molecule has 0 heterocycles. The van der Waals surface area contributed by atoms with Crippen LogP contribution in [0.25, 0.3) is 0 Å². The summed E-state index contributed by atoms with van der Waals surface area (Å²) in [5.74, 6) is 0. The molecule has 0 spiro atoms. The lowest BCUT2D eigenvalue weighted by Gasteiger charge is -2.24. The van der Waals surface area contributed by atoms with E-state index in [1.165, 1.54) is 11.9 Å². The largest absolute Gasteiger partial charge is 0.401 e. The second-order valence-corrected chi connectivity index (χ2v) is 5.11. The molecule has 0 saturated carbocycles. The van der Waals surface area contributed by atoms with Gasteiger partial charge in [-0.15, -0.1) is 0 Å². The SMILES string of the molecule is CCNC(CCN(C)CC(F)(F)F)c1ccccc1C. The molecule has 2 nitrogen and oxygen atoms in total. The first-order valence-electron chi connectivity index (χ1n) is 6.87. The van der Waals surface area contributed by atoms with Crippen LogP contribution in [0, 0.1) is 6.92 Å². The fourth-order valence-electron chi connectivity index (χ4n) is 2.33. The van der Waals surface area contributed by atoms with Gasteiger partial charge in [-0.25, -0.2) is 0 Å². The van der Waals surface area contributed by atoms with Crippen molar-refractivity contribution in [2.24, 2.45) is 0 Å². The second kappa shape index (κ2) is 7.64. The van der Waals surface area contributed by atoms with E-state index in [0.717, 1.165) is 17.7 Å². The summed E-state index contributed by atoms with van der Waals surface area (Å²) in [5.41, 5.74) is 2.33. The van der Waals surface area contributed by atoms with Gasteiger partial charge in [0.05, 0.1) is 6.54 Å². The molecule has 5 heteroatoms. The summed E-state index contributed by atoms with van der Waals surface area (Å²) >= 11 is 0. The van der Waals surface area contributed by atoms with E-state index in [1.807, 2.05) is 38.1 Å². The van der Waals surface area contributed by atoms with Gasteiger partial charge in [-0.1, -0.05) is 31.2 Å². The third-order valence-electron chi connectivity index (χ3n) is 3.26. The molecule has 1 aromatic rings. The van der Waals surface area contributed by atoms with Crippen LogP contribution in [-0.4, -0.2) is 37.8 Å². The van der Waals surface area contributed by atoms with Gasteiger partial charge in [0.25, 0.3) is 0 Å². The van der Waals surface area contributed by atoms with Gasteiger partial charge in [-0.05, 0) is 44.6 Å². The molecular weight excluding hydrogens is 265 g/mol. The number of halogens is 3. The fraction of sp³-hybridized carbons (Fsp3) is 0.600. The normalized spacial score (nSPS) is 13.8. The standard InChI is InChI=1S/C15H23F3N2/c1-4-19-14(13-8-6-5-7-12(13)2)9-10-20(3)11-15(16,17)18/h5-8,14,19H,4,9-11H2,1-3H3. The van der Waals surface area contributed by atoms with Crippen LogP contribution in [0.3, 0.4) is 0 Å².